The number of fused-ring (bicyclic) bond motifs is 2. The Balaban J connectivity index is 1.04. The number of carbonyl (C=O) groups is 1. The zero-order chi connectivity index (χ0) is 24.2. The first kappa shape index (κ1) is 24.2. The zero-order valence-corrected chi connectivity index (χ0v) is 21.1. The highest BCUT2D eigenvalue weighted by Crippen LogP contribution is 2.28. The second kappa shape index (κ2) is 11.0. The van der Waals surface area contributed by atoms with Crippen LogP contribution in [0.25, 0.3) is 10.2 Å². The molecule has 7 nitrogen and oxygen atoms in total. The number of aromatic nitrogens is 1. The predicted octanol–water partition coefficient (Wildman–Crippen LogP) is 3.48. The third kappa shape index (κ3) is 6.19. The van der Waals surface area contributed by atoms with Gasteiger partial charge in [0.05, 0.1) is 21.8 Å². The SMILES string of the molecule is Cc1nc2cc(OC[C@H](O)CN3CCN(CC(=O)Nc4cccc5c4CCCC5)CC3)ccc2s1. The largest absolute Gasteiger partial charge is 0.491 e. The van der Waals surface area contributed by atoms with Crippen molar-refractivity contribution in [2.24, 2.45) is 0 Å². The van der Waals surface area contributed by atoms with Crippen molar-refractivity contribution in [2.45, 2.75) is 38.7 Å². The molecule has 2 aliphatic rings. The molecule has 0 spiro atoms. The van der Waals surface area contributed by atoms with Crippen molar-refractivity contribution in [1.29, 1.82) is 0 Å². The number of hydrogen-bond acceptors (Lipinski definition) is 7. The van der Waals surface area contributed by atoms with Crippen LogP contribution in [0.15, 0.2) is 36.4 Å². The van der Waals surface area contributed by atoms with Crippen LogP contribution in [0, 0.1) is 6.92 Å². The molecule has 0 bridgehead atoms. The maximum Gasteiger partial charge on any atom is 0.238 e. The molecule has 2 heterocycles. The first-order chi connectivity index (χ1) is 17.0. The van der Waals surface area contributed by atoms with Gasteiger partial charge in [-0.2, -0.15) is 0 Å². The Morgan fingerprint density at radius 2 is 1.94 bits per heavy atom. The summed E-state index contributed by atoms with van der Waals surface area (Å²) in [4.78, 5) is 21.6. The van der Waals surface area contributed by atoms with Crippen molar-refractivity contribution < 1.29 is 14.6 Å². The molecular formula is C27H34N4O3S. The van der Waals surface area contributed by atoms with E-state index in [-0.39, 0.29) is 12.5 Å². The fourth-order valence-corrected chi connectivity index (χ4v) is 5.88. The molecule has 35 heavy (non-hydrogen) atoms. The van der Waals surface area contributed by atoms with Crippen LogP contribution >= 0.6 is 11.3 Å². The molecule has 5 rings (SSSR count). The molecule has 1 saturated heterocycles. The van der Waals surface area contributed by atoms with Gasteiger partial charge in [0.25, 0.3) is 0 Å². The van der Waals surface area contributed by atoms with Crippen LogP contribution in [0.3, 0.4) is 0 Å². The van der Waals surface area contributed by atoms with Gasteiger partial charge in [-0.15, -0.1) is 11.3 Å². The molecule has 3 aromatic rings. The molecule has 1 amide bonds. The summed E-state index contributed by atoms with van der Waals surface area (Å²) in [5.74, 6) is 0.787. The fourth-order valence-electron chi connectivity index (χ4n) is 5.08. The summed E-state index contributed by atoms with van der Waals surface area (Å²) in [5.41, 5.74) is 4.61. The van der Waals surface area contributed by atoms with Gasteiger partial charge < -0.3 is 15.2 Å². The number of hydrogen-bond donors (Lipinski definition) is 2. The highest BCUT2D eigenvalue weighted by Gasteiger charge is 2.22. The number of anilines is 1. The maximum absolute atomic E-state index is 12.7. The minimum atomic E-state index is -0.568. The van der Waals surface area contributed by atoms with Crippen molar-refractivity contribution >= 4 is 33.1 Å². The van der Waals surface area contributed by atoms with Crippen molar-refractivity contribution in [1.82, 2.24) is 14.8 Å². The zero-order valence-electron chi connectivity index (χ0n) is 20.3. The quantitative estimate of drug-likeness (QED) is 0.499. The van der Waals surface area contributed by atoms with Crippen LogP contribution in [-0.2, 0) is 17.6 Å². The molecule has 0 radical (unpaired) electrons. The molecular weight excluding hydrogens is 460 g/mol. The Bertz CT molecular complexity index is 1170. The van der Waals surface area contributed by atoms with Crippen molar-refractivity contribution in [3.05, 3.63) is 52.5 Å². The summed E-state index contributed by atoms with van der Waals surface area (Å²) in [5, 5.41) is 14.7. The van der Waals surface area contributed by atoms with E-state index in [0.29, 0.717) is 13.1 Å². The number of thiazole rings is 1. The predicted molar refractivity (Wildman–Crippen MR) is 140 cm³/mol. The van der Waals surface area contributed by atoms with Crippen LogP contribution in [0.5, 0.6) is 5.75 Å². The maximum atomic E-state index is 12.7. The van der Waals surface area contributed by atoms with Gasteiger partial charge in [-0.05, 0) is 61.9 Å². The third-order valence-electron chi connectivity index (χ3n) is 6.88. The van der Waals surface area contributed by atoms with Crippen LogP contribution in [-0.4, -0.2) is 77.8 Å². The molecule has 1 atom stereocenters. The van der Waals surface area contributed by atoms with E-state index < -0.39 is 6.10 Å². The van der Waals surface area contributed by atoms with Gasteiger partial charge in [0, 0.05) is 44.5 Å². The van der Waals surface area contributed by atoms with Gasteiger partial charge in [-0.3, -0.25) is 14.6 Å². The van der Waals surface area contributed by atoms with E-state index in [0.717, 1.165) is 65.7 Å². The van der Waals surface area contributed by atoms with Crippen molar-refractivity contribution in [3.63, 3.8) is 0 Å². The minimum Gasteiger partial charge on any atom is -0.491 e. The van der Waals surface area contributed by atoms with Crippen molar-refractivity contribution in [3.8, 4) is 5.75 Å². The van der Waals surface area contributed by atoms with Gasteiger partial charge in [-0.25, -0.2) is 4.98 Å². The summed E-state index contributed by atoms with van der Waals surface area (Å²) in [6, 6.07) is 12.1. The highest BCUT2D eigenvalue weighted by atomic mass is 32.1. The Kier molecular flexibility index (Phi) is 7.63. The topological polar surface area (TPSA) is 77.9 Å². The van der Waals surface area contributed by atoms with E-state index in [2.05, 4.69) is 26.2 Å². The second-order valence-electron chi connectivity index (χ2n) is 9.60. The summed E-state index contributed by atoms with van der Waals surface area (Å²) in [7, 11) is 0. The molecule has 0 saturated carbocycles. The fraction of sp³-hybridized carbons (Fsp3) is 0.481. The molecule has 2 N–H and O–H groups in total. The van der Waals surface area contributed by atoms with E-state index in [9.17, 15) is 9.90 Å². The summed E-state index contributed by atoms with van der Waals surface area (Å²) in [6.07, 6.45) is 4.02. The molecule has 0 unspecified atom stereocenters. The van der Waals surface area contributed by atoms with Crippen LogP contribution in [0.4, 0.5) is 5.69 Å². The van der Waals surface area contributed by atoms with E-state index in [4.69, 9.17) is 4.74 Å². The number of aliphatic hydroxyl groups is 1. The Morgan fingerprint density at radius 3 is 2.80 bits per heavy atom. The van der Waals surface area contributed by atoms with E-state index in [1.165, 1.54) is 24.0 Å². The summed E-state index contributed by atoms with van der Waals surface area (Å²) >= 11 is 1.67. The smallest absolute Gasteiger partial charge is 0.238 e. The Labute approximate surface area is 210 Å². The van der Waals surface area contributed by atoms with Gasteiger partial charge in [0.15, 0.2) is 0 Å². The molecule has 186 valence electrons. The van der Waals surface area contributed by atoms with Gasteiger partial charge in [0.2, 0.25) is 5.91 Å². The monoisotopic (exact) mass is 494 g/mol. The van der Waals surface area contributed by atoms with Gasteiger partial charge in [-0.1, -0.05) is 12.1 Å². The molecule has 2 aromatic carbocycles. The summed E-state index contributed by atoms with van der Waals surface area (Å²) < 4.78 is 6.96. The highest BCUT2D eigenvalue weighted by molar-refractivity contribution is 7.18. The number of β-amino-alcohol motifs (C(OH)–C–C–N with tert-alkyl or cyclic N) is 1. The normalized spacial score (nSPS) is 17.8. The van der Waals surface area contributed by atoms with E-state index in [1.807, 2.05) is 37.3 Å². The van der Waals surface area contributed by atoms with Crippen LogP contribution < -0.4 is 10.1 Å². The van der Waals surface area contributed by atoms with E-state index >= 15 is 0 Å². The summed E-state index contributed by atoms with van der Waals surface area (Å²) in [6.45, 7) is 6.50. The lowest BCUT2D eigenvalue weighted by molar-refractivity contribution is -0.117. The average molecular weight is 495 g/mol. The van der Waals surface area contributed by atoms with Gasteiger partial charge >= 0.3 is 0 Å². The lowest BCUT2D eigenvalue weighted by atomic mass is 9.90. The number of nitrogens with one attached hydrogen (secondary N) is 1. The first-order valence-electron chi connectivity index (χ1n) is 12.6. The number of amides is 1. The molecule has 8 heteroatoms. The average Bonchev–Trinajstić information content (AvgIpc) is 3.23. The number of benzene rings is 2. The second-order valence-corrected chi connectivity index (χ2v) is 10.8. The molecule has 1 aromatic heterocycles. The number of aryl methyl sites for hydroxylation is 2. The minimum absolute atomic E-state index is 0.0538. The molecule has 1 aliphatic carbocycles. The van der Waals surface area contributed by atoms with Gasteiger partial charge in [0.1, 0.15) is 18.5 Å². The van der Waals surface area contributed by atoms with Crippen LogP contribution in [0.2, 0.25) is 0 Å². The number of piperazine rings is 1. The third-order valence-corrected chi connectivity index (χ3v) is 7.83. The molecule has 1 aliphatic heterocycles. The lowest BCUT2D eigenvalue weighted by Crippen LogP contribution is -2.50. The first-order valence-corrected chi connectivity index (χ1v) is 13.4. The number of nitrogens with zero attached hydrogens (tertiary/aromatic N) is 3. The van der Waals surface area contributed by atoms with Crippen molar-refractivity contribution in [2.75, 3.05) is 51.2 Å². The van der Waals surface area contributed by atoms with Crippen LogP contribution in [0.1, 0.15) is 29.0 Å². The standard InChI is InChI=1S/C27H34N4O3S/c1-19-28-25-15-22(9-10-26(25)35-19)34-18-21(32)16-30-11-13-31(14-12-30)17-27(33)29-24-8-4-6-20-5-2-3-7-23(20)24/h4,6,8-10,15,21,32H,2-3,5,7,11-14,16-18H2,1H3,(H,29,33)/t21-/m1/s1. The Hall–Kier alpha value is -2.52. The van der Waals surface area contributed by atoms with E-state index in [1.54, 1.807) is 11.3 Å². The number of ether oxygens (including phenoxy) is 1. The lowest BCUT2D eigenvalue weighted by Gasteiger charge is -2.35. The number of carbonyl (C=O) groups excluding carboxylic acids is 1. The Morgan fingerprint density at radius 1 is 1.14 bits per heavy atom. The molecule has 1 fully saturated rings. The number of aliphatic hydroxyl groups excluding tert-OH is 1. The number of rotatable bonds is 8.